The van der Waals surface area contributed by atoms with Crippen molar-refractivity contribution in [3.63, 3.8) is 0 Å². The lowest BCUT2D eigenvalue weighted by Gasteiger charge is -2.33. The molecule has 0 radical (unpaired) electrons. The summed E-state index contributed by atoms with van der Waals surface area (Å²) in [5.74, 6) is -0.300. The van der Waals surface area contributed by atoms with E-state index in [1.807, 2.05) is 30.3 Å². The predicted molar refractivity (Wildman–Crippen MR) is 66.9 cm³/mol. The SMILES string of the molecule is N#CCN1C(=O)N[C@@]2(CCCc3ccccc32)C1=O. The van der Waals surface area contributed by atoms with Gasteiger partial charge in [0.1, 0.15) is 12.1 Å². The highest BCUT2D eigenvalue weighted by Gasteiger charge is 2.53. The first-order valence-electron chi connectivity index (χ1n) is 6.28. The topological polar surface area (TPSA) is 73.2 Å². The Kier molecular flexibility index (Phi) is 2.53. The molecule has 1 aromatic carbocycles. The summed E-state index contributed by atoms with van der Waals surface area (Å²) in [5.41, 5.74) is 1.02. The van der Waals surface area contributed by atoms with E-state index < -0.39 is 11.6 Å². The molecule has 0 aromatic heterocycles. The zero-order valence-corrected chi connectivity index (χ0v) is 10.3. The Balaban J connectivity index is 2.09. The van der Waals surface area contributed by atoms with E-state index >= 15 is 0 Å². The van der Waals surface area contributed by atoms with Crippen LogP contribution in [0.2, 0.25) is 0 Å². The van der Waals surface area contributed by atoms with Crippen molar-refractivity contribution in [2.45, 2.75) is 24.8 Å². The molecule has 0 unspecified atom stereocenters. The molecule has 1 saturated heterocycles. The van der Waals surface area contributed by atoms with Crippen LogP contribution in [0.15, 0.2) is 24.3 Å². The number of hydrogen-bond acceptors (Lipinski definition) is 3. The van der Waals surface area contributed by atoms with Crippen LogP contribution < -0.4 is 5.32 Å². The largest absolute Gasteiger partial charge is 0.326 e. The van der Waals surface area contributed by atoms with Gasteiger partial charge in [-0.05, 0) is 30.4 Å². The fourth-order valence-electron chi connectivity index (χ4n) is 3.03. The number of amides is 3. The molecule has 3 amide bonds. The zero-order valence-electron chi connectivity index (χ0n) is 10.3. The molecule has 1 fully saturated rings. The van der Waals surface area contributed by atoms with Gasteiger partial charge in [0.05, 0.1) is 6.07 Å². The normalized spacial score (nSPS) is 25.1. The average Bonchev–Trinajstić information content (AvgIpc) is 2.65. The fraction of sp³-hybridized carbons (Fsp3) is 0.357. The summed E-state index contributed by atoms with van der Waals surface area (Å²) in [6, 6.07) is 9.08. The molecule has 1 spiro atoms. The first kappa shape index (κ1) is 11.7. The van der Waals surface area contributed by atoms with E-state index in [1.165, 1.54) is 0 Å². The average molecular weight is 255 g/mol. The fourth-order valence-corrected chi connectivity index (χ4v) is 3.03. The third kappa shape index (κ3) is 1.53. The maximum Gasteiger partial charge on any atom is 0.326 e. The van der Waals surface area contributed by atoms with Gasteiger partial charge in [-0.25, -0.2) is 9.69 Å². The van der Waals surface area contributed by atoms with Gasteiger partial charge in [-0.3, -0.25) is 4.79 Å². The Morgan fingerprint density at radius 2 is 2.16 bits per heavy atom. The zero-order chi connectivity index (χ0) is 13.5. The lowest BCUT2D eigenvalue weighted by atomic mass is 9.76. The Labute approximate surface area is 110 Å². The third-order valence-electron chi connectivity index (χ3n) is 3.88. The Hall–Kier alpha value is -2.35. The van der Waals surface area contributed by atoms with Crippen LogP contribution in [0.1, 0.15) is 24.0 Å². The van der Waals surface area contributed by atoms with Crippen LogP contribution in [0.25, 0.3) is 0 Å². The van der Waals surface area contributed by atoms with E-state index in [1.54, 1.807) is 0 Å². The second-order valence-electron chi connectivity index (χ2n) is 4.90. The van der Waals surface area contributed by atoms with Gasteiger partial charge in [0.15, 0.2) is 0 Å². The van der Waals surface area contributed by atoms with E-state index in [0.29, 0.717) is 6.42 Å². The molecule has 19 heavy (non-hydrogen) atoms. The van der Waals surface area contributed by atoms with Crippen molar-refractivity contribution in [2.24, 2.45) is 0 Å². The molecule has 1 aliphatic carbocycles. The summed E-state index contributed by atoms with van der Waals surface area (Å²) in [7, 11) is 0. The van der Waals surface area contributed by atoms with Crippen LogP contribution in [0.4, 0.5) is 4.79 Å². The Bertz CT molecular complexity index is 605. The van der Waals surface area contributed by atoms with Gasteiger partial charge < -0.3 is 5.32 Å². The van der Waals surface area contributed by atoms with Gasteiger partial charge in [-0.2, -0.15) is 5.26 Å². The van der Waals surface area contributed by atoms with Crippen LogP contribution in [0.5, 0.6) is 0 Å². The third-order valence-corrected chi connectivity index (χ3v) is 3.88. The molecule has 5 heteroatoms. The monoisotopic (exact) mass is 255 g/mol. The molecule has 1 atom stereocenters. The van der Waals surface area contributed by atoms with E-state index in [2.05, 4.69) is 5.32 Å². The molecule has 3 rings (SSSR count). The highest BCUT2D eigenvalue weighted by atomic mass is 16.2. The highest BCUT2D eigenvalue weighted by molar-refractivity contribution is 6.07. The molecular weight excluding hydrogens is 242 g/mol. The number of carbonyl (C=O) groups is 2. The molecule has 1 heterocycles. The van der Waals surface area contributed by atoms with Crippen LogP contribution in [-0.4, -0.2) is 23.4 Å². The first-order chi connectivity index (χ1) is 9.19. The van der Waals surface area contributed by atoms with Gasteiger partial charge in [0.2, 0.25) is 0 Å². The standard InChI is InChI=1S/C14H13N3O2/c15-8-9-17-12(18)14(16-13(17)19)7-3-5-10-4-1-2-6-11(10)14/h1-2,4,6H,3,5,7,9H2,(H,16,19)/t14-/m1/s1. The quantitative estimate of drug-likeness (QED) is 0.607. The second-order valence-corrected chi connectivity index (χ2v) is 4.90. The molecule has 0 bridgehead atoms. The molecule has 96 valence electrons. The summed E-state index contributed by atoms with van der Waals surface area (Å²) in [5, 5.41) is 11.5. The maximum atomic E-state index is 12.5. The Morgan fingerprint density at radius 3 is 2.95 bits per heavy atom. The molecular formula is C14H13N3O2. The number of carbonyl (C=O) groups excluding carboxylic acids is 2. The van der Waals surface area contributed by atoms with Crippen molar-refractivity contribution >= 4 is 11.9 Å². The first-order valence-corrected chi connectivity index (χ1v) is 6.28. The van der Waals surface area contributed by atoms with Crippen LogP contribution in [0.3, 0.4) is 0 Å². The van der Waals surface area contributed by atoms with Crippen molar-refractivity contribution in [3.05, 3.63) is 35.4 Å². The van der Waals surface area contributed by atoms with Crippen LogP contribution >= 0.6 is 0 Å². The summed E-state index contributed by atoms with van der Waals surface area (Å²) in [6.07, 6.45) is 2.36. The van der Waals surface area contributed by atoms with Crippen LogP contribution in [-0.2, 0) is 16.8 Å². The van der Waals surface area contributed by atoms with Crippen molar-refractivity contribution in [2.75, 3.05) is 6.54 Å². The lowest BCUT2D eigenvalue weighted by Crippen LogP contribution is -2.46. The minimum Gasteiger partial charge on any atom is -0.319 e. The number of rotatable bonds is 1. The lowest BCUT2D eigenvalue weighted by molar-refractivity contribution is -0.131. The molecule has 5 nitrogen and oxygen atoms in total. The summed E-state index contributed by atoms with van der Waals surface area (Å²) in [6.45, 7) is -0.200. The highest BCUT2D eigenvalue weighted by Crippen LogP contribution is 2.39. The van der Waals surface area contributed by atoms with Crippen molar-refractivity contribution in [1.29, 1.82) is 5.26 Å². The van der Waals surface area contributed by atoms with E-state index in [0.717, 1.165) is 28.9 Å². The second kappa shape index (κ2) is 4.09. The van der Waals surface area contributed by atoms with Crippen molar-refractivity contribution < 1.29 is 9.59 Å². The summed E-state index contributed by atoms with van der Waals surface area (Å²) in [4.78, 5) is 25.4. The number of nitriles is 1. The number of imide groups is 1. The van der Waals surface area contributed by atoms with E-state index in [9.17, 15) is 9.59 Å². The van der Waals surface area contributed by atoms with E-state index in [-0.39, 0.29) is 12.5 Å². The van der Waals surface area contributed by atoms with Crippen LogP contribution in [0, 0.1) is 11.3 Å². The molecule has 1 aliphatic heterocycles. The molecule has 0 saturated carbocycles. The van der Waals surface area contributed by atoms with Crippen molar-refractivity contribution in [3.8, 4) is 6.07 Å². The van der Waals surface area contributed by atoms with Gasteiger partial charge >= 0.3 is 6.03 Å². The number of urea groups is 1. The number of nitrogens with zero attached hydrogens (tertiary/aromatic N) is 2. The van der Waals surface area contributed by atoms with Gasteiger partial charge in [0.25, 0.3) is 5.91 Å². The van der Waals surface area contributed by atoms with Crippen molar-refractivity contribution in [1.82, 2.24) is 10.2 Å². The molecule has 1 N–H and O–H groups in total. The minimum atomic E-state index is -0.956. The number of hydrogen-bond donors (Lipinski definition) is 1. The smallest absolute Gasteiger partial charge is 0.319 e. The molecule has 1 aromatic rings. The number of benzene rings is 1. The summed E-state index contributed by atoms with van der Waals surface area (Å²) >= 11 is 0. The van der Waals surface area contributed by atoms with E-state index in [4.69, 9.17) is 5.26 Å². The van der Waals surface area contributed by atoms with Gasteiger partial charge in [-0.15, -0.1) is 0 Å². The van der Waals surface area contributed by atoms with Gasteiger partial charge in [-0.1, -0.05) is 24.3 Å². The summed E-state index contributed by atoms with van der Waals surface area (Å²) < 4.78 is 0. The number of aryl methyl sites for hydroxylation is 1. The predicted octanol–water partition coefficient (Wildman–Crippen LogP) is 1.29. The minimum absolute atomic E-state index is 0.200. The number of nitrogens with one attached hydrogen (secondary N) is 1. The van der Waals surface area contributed by atoms with Gasteiger partial charge in [0, 0.05) is 0 Å². The Morgan fingerprint density at radius 1 is 1.37 bits per heavy atom. The maximum absolute atomic E-state index is 12.5. The number of fused-ring (bicyclic) bond motifs is 2. The molecule has 2 aliphatic rings.